The third-order valence-electron chi connectivity index (χ3n) is 17.4. The molecule has 44 nitrogen and oxygen atoms in total. The van der Waals surface area contributed by atoms with Crippen LogP contribution in [0.1, 0.15) is 114 Å². The molecule has 2 unspecified atom stereocenters. The standard InChI is InChI=1S/C20H23N7O4S.2C19H22ClN7O4S.C18H20FN7O4S/c1-6-15-14(8-7-11-21-15)13(3)31-20(28)23-19-18(24-26-27(19)4)17-10-9-16(12(2)22-17)25-32(5,29)30;1-10-8-14(20)13(9-21-10)12(3)31-19(28)23-18-17(24-26-27(18)4)16-7-6-15(11(2)22-16)25-32(5,29)30;1-10-8-13(17(20)21-9-10)12(3)31-19(28)23-18-16(24-26-27(18)4)15-7-6-14(11(2)22-15)25-32(5,29)30;1-10-13(24-31(4,28)29)7-8-14(21-10)15-17(26(3)25-23-15)22-18(27)30-11(2)12-6-5-9-20-16(12)19/h6-11,13,25H,1H2,2-5H3,(H,23,28);2*6-9,12,25H,1-5H3,(H,23,28);5-9,11,24H,1-4H3,(H,22,27)/t13-;;;11-/m1..1/s1. The zero-order valence-corrected chi connectivity index (χ0v) is 76.0. The van der Waals surface area contributed by atoms with Crippen molar-refractivity contribution in [1.82, 2.24) is 99.8 Å². The molecule has 12 aromatic rings. The number of carbonyl (C=O) groups is 4. The Bertz CT molecular complexity index is 6620. The second-order valence-electron chi connectivity index (χ2n) is 28.0. The quantitative estimate of drug-likeness (QED) is 0.0195. The first-order valence-corrected chi connectivity index (χ1v) is 45.6. The molecule has 0 aromatic carbocycles. The van der Waals surface area contributed by atoms with Crippen molar-refractivity contribution < 1.29 is 76.2 Å². The van der Waals surface area contributed by atoms with E-state index in [-0.39, 0.29) is 39.7 Å². The number of rotatable bonds is 25. The van der Waals surface area contributed by atoms with E-state index in [1.54, 1.807) is 162 Å². The number of ether oxygens (including phenoxy) is 4. The van der Waals surface area contributed by atoms with Crippen LogP contribution in [0.3, 0.4) is 0 Å². The van der Waals surface area contributed by atoms with Gasteiger partial charge >= 0.3 is 24.4 Å². The molecule has 0 bridgehead atoms. The van der Waals surface area contributed by atoms with Gasteiger partial charge in [-0.3, -0.25) is 50.1 Å². The van der Waals surface area contributed by atoms with Crippen LogP contribution in [0.2, 0.25) is 10.2 Å². The summed E-state index contributed by atoms with van der Waals surface area (Å²) in [6, 6.07) is 22.5. The number of pyridine rings is 8. The Kier molecular flexibility index (Phi) is 31.5. The van der Waals surface area contributed by atoms with E-state index in [0.717, 1.165) is 36.3 Å². The Morgan fingerprint density at radius 1 is 0.417 bits per heavy atom. The lowest BCUT2D eigenvalue weighted by Crippen LogP contribution is -2.19. The predicted octanol–water partition coefficient (Wildman–Crippen LogP) is 11.8. The molecular formula is C76H87Cl2FN28O16S4. The van der Waals surface area contributed by atoms with Crippen molar-refractivity contribution in [1.29, 1.82) is 0 Å². The van der Waals surface area contributed by atoms with E-state index in [1.807, 2.05) is 13.8 Å². The van der Waals surface area contributed by atoms with Gasteiger partial charge in [-0.2, -0.15) is 4.39 Å². The number of carbonyl (C=O) groups excluding carboxylic acids is 4. The fourth-order valence-corrected chi connectivity index (χ4v) is 14.5. The minimum atomic E-state index is -3.46. The zero-order chi connectivity index (χ0) is 93.5. The van der Waals surface area contributed by atoms with Gasteiger partial charge in [-0.15, -0.1) is 20.4 Å². The molecule has 12 aromatic heterocycles. The molecule has 8 N–H and O–H groups in total. The fraction of sp³-hybridized carbons (Fsp3) is 0.289. The van der Waals surface area contributed by atoms with E-state index in [9.17, 15) is 57.2 Å². The lowest BCUT2D eigenvalue weighted by Gasteiger charge is -2.16. The van der Waals surface area contributed by atoms with Crippen LogP contribution in [0, 0.1) is 47.5 Å². The van der Waals surface area contributed by atoms with Crippen LogP contribution in [0.5, 0.6) is 0 Å². The largest absolute Gasteiger partial charge is 0.441 e. The highest BCUT2D eigenvalue weighted by molar-refractivity contribution is 7.92. The number of hydrogen-bond donors (Lipinski definition) is 8. The number of halogens is 3. The maximum absolute atomic E-state index is 13.8. The SMILES string of the molecule is C=Cc1ncccc1[C@@H](C)OC(=O)Nc1c(-c2ccc(NS(C)(=O)=O)c(C)n2)nnn1C.Cc1cc(Cl)c(C(C)OC(=O)Nc2c(-c3ccc(NS(C)(=O)=O)c(C)n3)nnn2C)cn1.Cc1cnc(Cl)c(C(C)OC(=O)Nc2c(-c3ccc(NS(C)(=O)=O)c(C)n3)nnn2C)c1.Cc1nc(-c2nnn(C)c2NC(=O)O[C@H](C)c2cccnc2F)ccc1NS(C)(=O)=O. The Morgan fingerprint density at radius 3 is 1.03 bits per heavy atom. The van der Waals surface area contributed by atoms with E-state index < -0.39 is 94.8 Å². The van der Waals surface area contributed by atoms with Crippen LogP contribution in [0.15, 0.2) is 116 Å². The Labute approximate surface area is 738 Å². The number of nitrogens with one attached hydrogen (secondary N) is 8. The first kappa shape index (κ1) is 96.9. The summed E-state index contributed by atoms with van der Waals surface area (Å²) < 4.78 is 142. The lowest BCUT2D eigenvalue weighted by molar-refractivity contribution is 0.118. The van der Waals surface area contributed by atoms with Crippen LogP contribution in [-0.4, -0.2) is 183 Å². The smallest absolute Gasteiger partial charge is 0.413 e. The molecule has 127 heavy (non-hydrogen) atoms. The molecule has 12 rings (SSSR count). The molecule has 0 aliphatic carbocycles. The van der Waals surface area contributed by atoms with Gasteiger partial charge in [0.25, 0.3) is 0 Å². The summed E-state index contributed by atoms with van der Waals surface area (Å²) in [5, 5.41) is 43.0. The van der Waals surface area contributed by atoms with Gasteiger partial charge in [-0.05, 0) is 160 Å². The van der Waals surface area contributed by atoms with Crippen LogP contribution < -0.4 is 40.2 Å². The Balaban J connectivity index is 0.000000191. The van der Waals surface area contributed by atoms with Crippen molar-refractivity contribution in [2.75, 3.05) is 65.2 Å². The number of nitrogens with zero attached hydrogens (tertiary/aromatic N) is 20. The molecule has 0 spiro atoms. The number of aromatic nitrogens is 20. The van der Waals surface area contributed by atoms with Gasteiger partial charge in [0.1, 0.15) is 29.6 Å². The number of amides is 4. The molecule has 0 saturated carbocycles. The summed E-state index contributed by atoms with van der Waals surface area (Å²) in [5.41, 5.74) is 9.98. The minimum absolute atomic E-state index is 0.132. The Hall–Kier alpha value is -13.9. The van der Waals surface area contributed by atoms with Gasteiger partial charge in [0.05, 0.1) is 104 Å². The van der Waals surface area contributed by atoms with Crippen LogP contribution >= 0.6 is 23.2 Å². The molecule has 672 valence electrons. The molecule has 4 amide bonds. The highest BCUT2D eigenvalue weighted by Gasteiger charge is 2.28. The van der Waals surface area contributed by atoms with Crippen LogP contribution in [0.25, 0.3) is 51.6 Å². The van der Waals surface area contributed by atoms with Crippen LogP contribution in [0.4, 0.5) is 69.6 Å². The van der Waals surface area contributed by atoms with Gasteiger partial charge in [-0.1, -0.05) is 56.7 Å². The topological polar surface area (TPSA) is 564 Å². The summed E-state index contributed by atoms with van der Waals surface area (Å²) >= 11 is 12.3. The van der Waals surface area contributed by atoms with E-state index in [4.69, 9.17) is 42.1 Å². The number of anilines is 8. The van der Waals surface area contributed by atoms with Gasteiger partial charge < -0.3 is 18.9 Å². The van der Waals surface area contributed by atoms with E-state index >= 15 is 0 Å². The maximum Gasteiger partial charge on any atom is 0.413 e. The normalized spacial score (nSPS) is 12.3. The molecule has 0 fully saturated rings. The lowest BCUT2D eigenvalue weighted by atomic mass is 10.1. The summed E-state index contributed by atoms with van der Waals surface area (Å²) in [6.45, 7) is 20.6. The Morgan fingerprint density at radius 2 is 0.724 bits per heavy atom. The molecule has 0 saturated heterocycles. The fourth-order valence-electron chi connectivity index (χ4n) is 11.4. The van der Waals surface area contributed by atoms with Crippen LogP contribution in [-0.2, 0) is 87.2 Å². The summed E-state index contributed by atoms with van der Waals surface area (Å²) in [7, 11) is -7.43. The van der Waals surface area contributed by atoms with E-state index in [1.165, 1.54) is 56.1 Å². The van der Waals surface area contributed by atoms with Gasteiger partial charge in [0.2, 0.25) is 46.0 Å². The first-order valence-electron chi connectivity index (χ1n) is 37.3. The number of aryl methyl sites for hydroxylation is 10. The van der Waals surface area contributed by atoms with E-state index in [0.29, 0.717) is 113 Å². The average molecular weight is 1870 g/mol. The summed E-state index contributed by atoms with van der Waals surface area (Å²) in [5.74, 6) is 0.248. The minimum Gasteiger partial charge on any atom is -0.441 e. The van der Waals surface area contributed by atoms with Crippen molar-refractivity contribution in [2.24, 2.45) is 28.2 Å². The molecule has 0 aliphatic rings. The van der Waals surface area contributed by atoms with Crippen molar-refractivity contribution in [3.8, 4) is 45.6 Å². The van der Waals surface area contributed by atoms with Gasteiger partial charge in [0, 0.05) is 80.9 Å². The number of sulfonamides is 4. The average Bonchev–Trinajstić information content (AvgIpc) is 1.73. The van der Waals surface area contributed by atoms with Crippen molar-refractivity contribution >= 4 is 140 Å². The summed E-state index contributed by atoms with van der Waals surface area (Å²) in [6.07, 6.45) is 6.08. The van der Waals surface area contributed by atoms with Crippen molar-refractivity contribution in [3.05, 3.63) is 194 Å². The number of hydrogen-bond acceptors (Lipinski definition) is 32. The van der Waals surface area contributed by atoms with Crippen molar-refractivity contribution in [3.63, 3.8) is 0 Å². The second kappa shape index (κ2) is 41.3. The molecule has 12 heterocycles. The van der Waals surface area contributed by atoms with Crippen molar-refractivity contribution in [2.45, 2.75) is 93.7 Å². The highest BCUT2D eigenvalue weighted by Crippen LogP contribution is 2.35. The predicted molar refractivity (Wildman–Crippen MR) is 470 cm³/mol. The first-order chi connectivity index (χ1) is 59.5. The third-order valence-corrected chi connectivity index (χ3v) is 20.5. The molecular weight excluding hydrogens is 1780 g/mol. The van der Waals surface area contributed by atoms with Gasteiger partial charge in [-0.25, -0.2) is 101 Å². The molecule has 51 heteroatoms. The molecule has 0 aliphatic heterocycles. The third kappa shape index (κ3) is 27.1. The zero-order valence-electron chi connectivity index (χ0n) is 71.2. The molecule has 4 atom stereocenters. The van der Waals surface area contributed by atoms with Gasteiger partial charge in [0.15, 0.2) is 46.0 Å². The van der Waals surface area contributed by atoms with E-state index in [2.05, 4.69) is 128 Å². The maximum atomic E-state index is 13.8. The summed E-state index contributed by atoms with van der Waals surface area (Å²) in [4.78, 5) is 83.5. The monoisotopic (exact) mass is 1860 g/mol. The second-order valence-corrected chi connectivity index (χ2v) is 35.7. The highest BCUT2D eigenvalue weighted by atomic mass is 35.5. The molecule has 0 radical (unpaired) electrons.